The third kappa shape index (κ3) is 3.58. The maximum absolute atomic E-state index is 12.2. The molecule has 7 nitrogen and oxygen atoms in total. The molecule has 0 aliphatic carbocycles. The number of imide groups is 2. The van der Waals surface area contributed by atoms with Crippen LogP contribution >= 0.6 is 0 Å². The molecule has 1 N–H and O–H groups in total. The Morgan fingerprint density at radius 1 is 0.962 bits per heavy atom. The standard InChI is InChI=1S/C19H26N4O3/c1-3-22-17(24)18(25)23(19(22)26)14-20(2)13-15-9-5-6-10-16(15)21-11-7-4-8-12-21/h5-6,9-10H,3-4,7-8,11-14H2,1-2H3/p+1. The van der Waals surface area contributed by atoms with E-state index in [1.165, 1.54) is 30.5 Å². The summed E-state index contributed by atoms with van der Waals surface area (Å²) >= 11 is 0. The predicted molar refractivity (Wildman–Crippen MR) is 97.6 cm³/mol. The fourth-order valence-electron chi connectivity index (χ4n) is 3.72. The number of carbonyl (C=O) groups is 3. The van der Waals surface area contributed by atoms with Gasteiger partial charge in [0.2, 0.25) is 0 Å². The van der Waals surface area contributed by atoms with Gasteiger partial charge in [-0.05, 0) is 32.3 Å². The van der Waals surface area contributed by atoms with Crippen LogP contribution < -0.4 is 9.80 Å². The summed E-state index contributed by atoms with van der Waals surface area (Å²) < 4.78 is 0. The van der Waals surface area contributed by atoms with Crippen LogP contribution in [0.15, 0.2) is 24.3 Å². The van der Waals surface area contributed by atoms with Gasteiger partial charge in [0.1, 0.15) is 6.54 Å². The molecule has 1 aromatic carbocycles. The minimum Gasteiger partial charge on any atom is -0.371 e. The minimum absolute atomic E-state index is 0.189. The van der Waals surface area contributed by atoms with Gasteiger partial charge in [-0.3, -0.25) is 14.5 Å². The first-order valence-corrected chi connectivity index (χ1v) is 9.34. The molecule has 2 aliphatic heterocycles. The van der Waals surface area contributed by atoms with Crippen molar-refractivity contribution in [1.29, 1.82) is 0 Å². The smallest absolute Gasteiger partial charge is 0.338 e. The van der Waals surface area contributed by atoms with Crippen molar-refractivity contribution >= 4 is 23.5 Å². The van der Waals surface area contributed by atoms with Gasteiger partial charge in [-0.2, -0.15) is 0 Å². The molecule has 1 unspecified atom stereocenters. The molecule has 7 heteroatoms. The number of para-hydroxylation sites is 1. The number of amides is 4. The number of likely N-dealkylation sites (N-methyl/N-ethyl adjacent to an activating group) is 1. The van der Waals surface area contributed by atoms with E-state index in [1.807, 2.05) is 19.2 Å². The van der Waals surface area contributed by atoms with Crippen molar-refractivity contribution in [2.45, 2.75) is 32.7 Å². The van der Waals surface area contributed by atoms with E-state index in [2.05, 4.69) is 17.0 Å². The molecule has 0 radical (unpaired) electrons. The Morgan fingerprint density at radius 2 is 1.62 bits per heavy atom. The topological polar surface area (TPSA) is 65.4 Å². The number of quaternary nitrogens is 1. The van der Waals surface area contributed by atoms with Gasteiger partial charge in [0, 0.05) is 30.9 Å². The third-order valence-electron chi connectivity index (χ3n) is 5.06. The van der Waals surface area contributed by atoms with Crippen LogP contribution in [0.5, 0.6) is 0 Å². The van der Waals surface area contributed by atoms with Crippen molar-refractivity contribution < 1.29 is 19.3 Å². The lowest BCUT2D eigenvalue weighted by atomic mass is 10.1. The highest BCUT2D eigenvalue weighted by Gasteiger charge is 2.44. The Hall–Kier alpha value is -2.41. The SMILES string of the molecule is CCN1C(=O)C(=O)N(C[NH+](C)Cc2ccccc2N2CCCCC2)C1=O. The molecule has 0 spiro atoms. The number of urea groups is 1. The summed E-state index contributed by atoms with van der Waals surface area (Å²) in [4.78, 5) is 41.6. The van der Waals surface area contributed by atoms with Crippen molar-refractivity contribution in [2.24, 2.45) is 0 Å². The van der Waals surface area contributed by atoms with E-state index in [-0.39, 0.29) is 13.2 Å². The zero-order valence-electron chi connectivity index (χ0n) is 15.5. The van der Waals surface area contributed by atoms with Crippen molar-refractivity contribution in [1.82, 2.24) is 9.80 Å². The summed E-state index contributed by atoms with van der Waals surface area (Å²) in [5, 5.41) is 0. The van der Waals surface area contributed by atoms with Gasteiger partial charge in [0.25, 0.3) is 0 Å². The molecule has 3 rings (SSSR count). The number of hydrogen-bond donors (Lipinski definition) is 1. The van der Waals surface area contributed by atoms with Gasteiger partial charge < -0.3 is 9.80 Å². The molecule has 1 aromatic rings. The van der Waals surface area contributed by atoms with E-state index < -0.39 is 17.8 Å². The number of carbonyl (C=O) groups excluding carboxylic acids is 3. The van der Waals surface area contributed by atoms with Gasteiger partial charge in [0.05, 0.1) is 7.05 Å². The fourth-order valence-corrected chi connectivity index (χ4v) is 3.72. The number of rotatable bonds is 6. The van der Waals surface area contributed by atoms with E-state index >= 15 is 0 Å². The number of anilines is 1. The van der Waals surface area contributed by atoms with Crippen molar-refractivity contribution in [3.63, 3.8) is 0 Å². The molecule has 2 fully saturated rings. The lowest BCUT2D eigenvalue weighted by Gasteiger charge is -2.31. The first kappa shape index (κ1) is 18.4. The van der Waals surface area contributed by atoms with Gasteiger partial charge in [-0.25, -0.2) is 9.69 Å². The predicted octanol–water partition coefficient (Wildman–Crippen LogP) is 0.460. The van der Waals surface area contributed by atoms with Gasteiger partial charge >= 0.3 is 17.8 Å². The summed E-state index contributed by atoms with van der Waals surface area (Å²) in [6, 6.07) is 7.80. The maximum atomic E-state index is 12.2. The number of benzene rings is 1. The molecule has 26 heavy (non-hydrogen) atoms. The Bertz CT molecular complexity index is 700. The normalized spacial score (nSPS) is 19.5. The summed E-state index contributed by atoms with van der Waals surface area (Å²) in [5.41, 5.74) is 2.43. The van der Waals surface area contributed by atoms with Crippen LogP contribution in [0.2, 0.25) is 0 Å². The van der Waals surface area contributed by atoms with Crippen molar-refractivity contribution in [3.8, 4) is 0 Å². The second-order valence-corrected chi connectivity index (χ2v) is 7.03. The lowest BCUT2D eigenvalue weighted by molar-refractivity contribution is -0.901. The van der Waals surface area contributed by atoms with E-state index in [0.29, 0.717) is 6.54 Å². The zero-order chi connectivity index (χ0) is 18.7. The van der Waals surface area contributed by atoms with Crippen LogP contribution in [-0.2, 0) is 16.1 Å². The molecule has 2 saturated heterocycles. The van der Waals surface area contributed by atoms with Gasteiger partial charge in [-0.15, -0.1) is 0 Å². The Balaban J connectivity index is 1.69. The molecule has 1 atom stereocenters. The second-order valence-electron chi connectivity index (χ2n) is 7.03. The molecule has 2 heterocycles. The average Bonchev–Trinajstić information content (AvgIpc) is 2.86. The summed E-state index contributed by atoms with van der Waals surface area (Å²) in [7, 11) is 1.94. The van der Waals surface area contributed by atoms with Crippen LogP contribution in [0.1, 0.15) is 31.7 Å². The highest BCUT2D eigenvalue weighted by Crippen LogP contribution is 2.23. The second kappa shape index (κ2) is 7.86. The van der Waals surface area contributed by atoms with E-state index in [9.17, 15) is 14.4 Å². The molecule has 0 bridgehead atoms. The summed E-state index contributed by atoms with van der Waals surface area (Å²) in [5.74, 6) is -1.44. The van der Waals surface area contributed by atoms with E-state index in [0.717, 1.165) is 27.8 Å². The van der Waals surface area contributed by atoms with Gasteiger partial charge in [-0.1, -0.05) is 18.2 Å². The molecular formula is C19H27N4O3+. The number of nitrogens with zero attached hydrogens (tertiary/aromatic N) is 3. The van der Waals surface area contributed by atoms with Crippen molar-refractivity contribution in [3.05, 3.63) is 29.8 Å². The summed E-state index contributed by atoms with van der Waals surface area (Å²) in [6.07, 6.45) is 3.70. The summed E-state index contributed by atoms with van der Waals surface area (Å²) in [6.45, 7) is 4.92. The number of hydrogen-bond acceptors (Lipinski definition) is 4. The maximum Gasteiger partial charge on any atom is 0.338 e. The number of piperidine rings is 1. The highest BCUT2D eigenvalue weighted by molar-refractivity contribution is 6.44. The lowest BCUT2D eigenvalue weighted by Crippen LogP contribution is -3.09. The molecule has 4 amide bonds. The van der Waals surface area contributed by atoms with Crippen molar-refractivity contribution in [2.75, 3.05) is 38.3 Å². The quantitative estimate of drug-likeness (QED) is 0.592. The Kier molecular flexibility index (Phi) is 5.56. The van der Waals surface area contributed by atoms with Crippen LogP contribution in [-0.4, -0.2) is 61.0 Å². The molecule has 0 aromatic heterocycles. The first-order valence-electron chi connectivity index (χ1n) is 9.34. The highest BCUT2D eigenvalue weighted by atomic mass is 16.2. The molecular weight excluding hydrogens is 332 g/mol. The largest absolute Gasteiger partial charge is 0.371 e. The molecule has 0 saturated carbocycles. The van der Waals surface area contributed by atoms with Gasteiger partial charge in [0.15, 0.2) is 6.67 Å². The Morgan fingerprint density at radius 3 is 2.27 bits per heavy atom. The molecule has 140 valence electrons. The van der Waals surface area contributed by atoms with Crippen LogP contribution in [0, 0.1) is 0 Å². The molecule has 2 aliphatic rings. The monoisotopic (exact) mass is 359 g/mol. The average molecular weight is 359 g/mol. The fraction of sp³-hybridized carbons (Fsp3) is 0.526. The zero-order valence-corrected chi connectivity index (χ0v) is 15.5. The Labute approximate surface area is 154 Å². The van der Waals surface area contributed by atoms with Crippen LogP contribution in [0.25, 0.3) is 0 Å². The van der Waals surface area contributed by atoms with Crippen LogP contribution in [0.4, 0.5) is 10.5 Å². The van der Waals surface area contributed by atoms with Crippen LogP contribution in [0.3, 0.4) is 0 Å². The minimum atomic E-state index is -0.723. The van der Waals surface area contributed by atoms with E-state index in [4.69, 9.17) is 0 Å². The third-order valence-corrected chi connectivity index (χ3v) is 5.06. The number of nitrogens with one attached hydrogen (secondary N) is 1. The first-order chi connectivity index (χ1) is 12.5. The van der Waals surface area contributed by atoms with E-state index in [1.54, 1.807) is 6.92 Å².